The third kappa shape index (κ3) is 5.32. The number of guanidine groups is 1. The summed E-state index contributed by atoms with van der Waals surface area (Å²) < 4.78 is 24.8. The fraction of sp³-hybridized carbons (Fsp3) is 0.409. The second kappa shape index (κ2) is 10.1. The molecular weight excluding hydrogens is 484 g/mol. The molecule has 3 rings (SSSR count). The zero-order valence-corrected chi connectivity index (χ0v) is 19.9. The van der Waals surface area contributed by atoms with E-state index in [2.05, 4.69) is 22.1 Å². The zero-order chi connectivity index (χ0) is 20.3. The molecule has 0 bridgehead atoms. The molecule has 0 radical (unpaired) electrons. The Morgan fingerprint density at radius 1 is 1.21 bits per heavy atom. The average Bonchev–Trinajstić information content (AvgIpc) is 3.46. The van der Waals surface area contributed by atoms with Gasteiger partial charge in [0.25, 0.3) is 0 Å². The maximum Gasteiger partial charge on any atom is 0.193 e. The monoisotopic (exact) mass is 513 g/mol. The third-order valence-electron chi connectivity index (χ3n) is 5.23. The van der Waals surface area contributed by atoms with Gasteiger partial charge in [0.1, 0.15) is 5.82 Å². The van der Waals surface area contributed by atoms with Crippen molar-refractivity contribution in [1.82, 2.24) is 10.2 Å². The van der Waals surface area contributed by atoms with Crippen LogP contribution in [0.1, 0.15) is 29.0 Å². The van der Waals surface area contributed by atoms with Crippen molar-refractivity contribution in [1.29, 1.82) is 0 Å². The number of hydrogen-bond acceptors (Lipinski definition) is 3. The molecule has 29 heavy (non-hydrogen) atoms. The van der Waals surface area contributed by atoms with E-state index in [1.165, 1.54) is 6.07 Å². The van der Waals surface area contributed by atoms with E-state index in [-0.39, 0.29) is 41.8 Å². The number of nitrogens with zero attached hydrogens (tertiary/aromatic N) is 2. The number of nitrogens with one attached hydrogen (secondary N) is 1. The predicted molar refractivity (Wildman–Crippen MR) is 125 cm³/mol. The van der Waals surface area contributed by atoms with Crippen LogP contribution in [0.2, 0.25) is 0 Å². The molecule has 5 nitrogen and oxygen atoms in total. The summed E-state index contributed by atoms with van der Waals surface area (Å²) in [5.74, 6) is 2.27. The average molecular weight is 513 g/mol. The van der Waals surface area contributed by atoms with Gasteiger partial charge in [-0.2, -0.15) is 0 Å². The van der Waals surface area contributed by atoms with Crippen molar-refractivity contribution in [2.24, 2.45) is 4.99 Å². The number of aliphatic imine (C=N–C) groups is 1. The topological polar surface area (TPSA) is 46.1 Å². The molecule has 1 N–H and O–H groups in total. The lowest BCUT2D eigenvalue weighted by molar-refractivity contribution is 0.353. The fourth-order valence-electron chi connectivity index (χ4n) is 3.51. The van der Waals surface area contributed by atoms with Crippen molar-refractivity contribution >= 4 is 29.9 Å². The summed E-state index contributed by atoms with van der Waals surface area (Å²) in [7, 11) is 7.03. The van der Waals surface area contributed by atoms with Gasteiger partial charge < -0.3 is 19.7 Å². The van der Waals surface area contributed by atoms with Crippen LogP contribution in [0.25, 0.3) is 0 Å². The van der Waals surface area contributed by atoms with E-state index in [9.17, 15) is 4.39 Å². The molecular formula is C22H29FIN3O2. The van der Waals surface area contributed by atoms with Crippen molar-refractivity contribution in [3.05, 3.63) is 58.9 Å². The normalized spacial score (nSPS) is 17.9. The van der Waals surface area contributed by atoms with E-state index in [1.807, 2.05) is 31.3 Å². The first-order chi connectivity index (χ1) is 13.5. The van der Waals surface area contributed by atoms with Gasteiger partial charge in [0, 0.05) is 32.6 Å². The number of methoxy groups -OCH3 is 2. The van der Waals surface area contributed by atoms with E-state index in [0.717, 1.165) is 34.8 Å². The Balaban J connectivity index is 0.00000300. The summed E-state index contributed by atoms with van der Waals surface area (Å²) in [5, 5.41) is 3.46. The number of halogens is 2. The van der Waals surface area contributed by atoms with Gasteiger partial charge in [-0.15, -0.1) is 24.0 Å². The largest absolute Gasteiger partial charge is 0.493 e. The molecule has 0 aliphatic heterocycles. The molecule has 2 aromatic carbocycles. The second-order valence-electron chi connectivity index (χ2n) is 7.15. The number of rotatable bonds is 6. The Kier molecular flexibility index (Phi) is 8.13. The maximum absolute atomic E-state index is 14.0. The van der Waals surface area contributed by atoms with E-state index in [1.54, 1.807) is 27.3 Å². The Hall–Kier alpha value is -2.03. The Labute approximate surface area is 189 Å². The first kappa shape index (κ1) is 23.3. The summed E-state index contributed by atoms with van der Waals surface area (Å²) in [4.78, 5) is 6.46. The van der Waals surface area contributed by atoms with Crippen molar-refractivity contribution < 1.29 is 13.9 Å². The molecule has 0 spiro atoms. The lowest BCUT2D eigenvalue weighted by Crippen LogP contribution is -2.40. The smallest absolute Gasteiger partial charge is 0.193 e. The quantitative estimate of drug-likeness (QED) is 0.355. The molecule has 0 heterocycles. The first-order valence-electron chi connectivity index (χ1n) is 9.38. The van der Waals surface area contributed by atoms with Gasteiger partial charge in [-0.1, -0.05) is 18.2 Å². The lowest BCUT2D eigenvalue weighted by atomic mass is 10.1. The SMILES string of the molecule is CN=C(NC1CC1c1ccccc1F)N(C)Cc1cc(OC)c(OC)cc1C.I. The van der Waals surface area contributed by atoms with Crippen molar-refractivity contribution in [2.45, 2.75) is 31.8 Å². The van der Waals surface area contributed by atoms with Crippen LogP contribution in [0.15, 0.2) is 41.4 Å². The minimum Gasteiger partial charge on any atom is -0.493 e. The number of ether oxygens (including phenoxy) is 2. The van der Waals surface area contributed by atoms with Gasteiger partial charge in [-0.25, -0.2) is 4.39 Å². The summed E-state index contributed by atoms with van der Waals surface area (Å²) in [6, 6.07) is 11.2. The highest BCUT2D eigenvalue weighted by Gasteiger charge is 2.40. The number of benzene rings is 2. The molecule has 1 aliphatic rings. The summed E-state index contributed by atoms with van der Waals surface area (Å²) in [6.45, 7) is 2.72. The summed E-state index contributed by atoms with van der Waals surface area (Å²) >= 11 is 0. The minimum atomic E-state index is -0.138. The molecule has 158 valence electrons. The predicted octanol–water partition coefficient (Wildman–Crippen LogP) is 4.33. The van der Waals surface area contributed by atoms with Crippen molar-refractivity contribution in [3.8, 4) is 11.5 Å². The van der Waals surface area contributed by atoms with Gasteiger partial charge >= 0.3 is 0 Å². The van der Waals surface area contributed by atoms with Gasteiger partial charge in [0.05, 0.1) is 14.2 Å². The van der Waals surface area contributed by atoms with Crippen LogP contribution < -0.4 is 14.8 Å². The van der Waals surface area contributed by atoms with Crippen LogP contribution in [0, 0.1) is 12.7 Å². The lowest BCUT2D eigenvalue weighted by Gasteiger charge is -2.24. The number of hydrogen-bond donors (Lipinski definition) is 1. The number of aryl methyl sites for hydroxylation is 1. The second-order valence-corrected chi connectivity index (χ2v) is 7.15. The van der Waals surface area contributed by atoms with Crippen LogP contribution in [0.5, 0.6) is 11.5 Å². The fourth-order valence-corrected chi connectivity index (χ4v) is 3.51. The van der Waals surface area contributed by atoms with Gasteiger partial charge in [0.15, 0.2) is 17.5 Å². The van der Waals surface area contributed by atoms with Gasteiger partial charge in [0.2, 0.25) is 0 Å². The summed E-state index contributed by atoms with van der Waals surface area (Å²) in [6.07, 6.45) is 0.906. The molecule has 2 unspecified atom stereocenters. The summed E-state index contributed by atoms with van der Waals surface area (Å²) in [5.41, 5.74) is 3.02. The van der Waals surface area contributed by atoms with Crippen LogP contribution in [0.3, 0.4) is 0 Å². The zero-order valence-electron chi connectivity index (χ0n) is 17.5. The minimum absolute atomic E-state index is 0. The highest BCUT2D eigenvalue weighted by molar-refractivity contribution is 14.0. The maximum atomic E-state index is 14.0. The Bertz CT molecular complexity index is 875. The molecule has 1 saturated carbocycles. The van der Waals surface area contributed by atoms with Crippen LogP contribution >= 0.6 is 24.0 Å². The molecule has 2 aromatic rings. The van der Waals surface area contributed by atoms with Gasteiger partial charge in [-0.3, -0.25) is 4.99 Å². The van der Waals surface area contributed by atoms with Crippen LogP contribution in [-0.4, -0.2) is 45.2 Å². The van der Waals surface area contributed by atoms with E-state index < -0.39 is 0 Å². The molecule has 1 aliphatic carbocycles. The Morgan fingerprint density at radius 2 is 1.86 bits per heavy atom. The molecule has 7 heteroatoms. The molecule has 0 saturated heterocycles. The standard InChI is InChI=1S/C22H28FN3O2.HI/c1-14-10-20(27-4)21(28-5)11-15(14)13-26(3)22(24-2)25-19-12-17(19)16-8-6-7-9-18(16)23;/h6-11,17,19H,12-13H2,1-5H3,(H,24,25);1H. The molecule has 1 fully saturated rings. The van der Waals surface area contributed by atoms with Crippen molar-refractivity contribution in [3.63, 3.8) is 0 Å². The van der Waals surface area contributed by atoms with Crippen molar-refractivity contribution in [2.75, 3.05) is 28.3 Å². The van der Waals surface area contributed by atoms with E-state index in [0.29, 0.717) is 12.3 Å². The first-order valence-corrected chi connectivity index (χ1v) is 9.38. The Morgan fingerprint density at radius 3 is 2.48 bits per heavy atom. The molecule has 2 atom stereocenters. The molecule has 0 amide bonds. The van der Waals surface area contributed by atoms with Gasteiger partial charge in [-0.05, 0) is 48.2 Å². The van der Waals surface area contributed by atoms with Crippen LogP contribution in [0.4, 0.5) is 4.39 Å². The molecule has 0 aromatic heterocycles. The highest BCUT2D eigenvalue weighted by Crippen LogP contribution is 2.42. The third-order valence-corrected chi connectivity index (χ3v) is 5.23. The highest BCUT2D eigenvalue weighted by atomic mass is 127. The van der Waals surface area contributed by atoms with E-state index >= 15 is 0 Å². The van der Waals surface area contributed by atoms with Crippen LogP contribution in [-0.2, 0) is 6.54 Å². The van der Waals surface area contributed by atoms with E-state index in [4.69, 9.17) is 9.47 Å².